The van der Waals surface area contributed by atoms with Crippen LogP contribution in [0.25, 0.3) is 39.2 Å². The number of alkyl halides is 3. The third-order valence-electron chi connectivity index (χ3n) is 4.97. The first-order chi connectivity index (χ1) is 14.9. The van der Waals surface area contributed by atoms with E-state index in [1.165, 1.54) is 22.9 Å². The van der Waals surface area contributed by atoms with Crippen molar-refractivity contribution in [2.45, 2.75) is 6.18 Å². The molecule has 0 unspecified atom stereocenters. The van der Waals surface area contributed by atoms with Crippen LogP contribution < -0.4 is 0 Å². The van der Waals surface area contributed by atoms with Gasteiger partial charge in [0.05, 0.1) is 22.8 Å². The van der Waals surface area contributed by atoms with Crippen molar-refractivity contribution in [2.75, 3.05) is 0 Å². The summed E-state index contributed by atoms with van der Waals surface area (Å²) in [6, 6.07) is 18.1. The zero-order chi connectivity index (χ0) is 21.6. The molecule has 154 valence electrons. The molecule has 2 heterocycles. The molecule has 0 fully saturated rings. The lowest BCUT2D eigenvalue weighted by molar-refractivity contribution is -0.137. The fraction of sp³-hybridized carbons (Fsp3) is 0.0435. The number of aromatic nitrogens is 3. The van der Waals surface area contributed by atoms with Crippen LogP contribution in [0, 0.1) is 5.82 Å². The summed E-state index contributed by atoms with van der Waals surface area (Å²) in [7, 11) is 0. The molecule has 0 aliphatic heterocycles. The number of para-hydroxylation sites is 1. The molecular formula is C23H13F4N3O. The number of nitrogens with zero attached hydrogens (tertiary/aromatic N) is 3. The zero-order valence-electron chi connectivity index (χ0n) is 15.8. The van der Waals surface area contributed by atoms with Crippen LogP contribution in [0.3, 0.4) is 0 Å². The van der Waals surface area contributed by atoms with Crippen LogP contribution in [0.15, 0.2) is 83.5 Å². The average molecular weight is 423 g/mol. The number of rotatable bonds is 3. The predicted molar refractivity (Wildman–Crippen MR) is 107 cm³/mol. The highest BCUT2D eigenvalue weighted by Crippen LogP contribution is 2.35. The Morgan fingerprint density at radius 2 is 1.58 bits per heavy atom. The second-order valence-electron chi connectivity index (χ2n) is 6.90. The van der Waals surface area contributed by atoms with Crippen LogP contribution >= 0.6 is 0 Å². The van der Waals surface area contributed by atoms with E-state index in [1.807, 2.05) is 0 Å². The first-order valence-corrected chi connectivity index (χ1v) is 9.28. The number of fused-ring (bicyclic) bond motifs is 1. The fourth-order valence-electron chi connectivity index (χ4n) is 3.46. The van der Waals surface area contributed by atoms with E-state index in [1.54, 1.807) is 48.7 Å². The Morgan fingerprint density at radius 3 is 2.32 bits per heavy atom. The van der Waals surface area contributed by atoms with Crippen molar-refractivity contribution in [1.82, 2.24) is 14.9 Å². The van der Waals surface area contributed by atoms with Crippen LogP contribution in [0.4, 0.5) is 17.6 Å². The summed E-state index contributed by atoms with van der Waals surface area (Å²) in [6.07, 6.45) is -2.85. The van der Waals surface area contributed by atoms with Crippen molar-refractivity contribution in [1.29, 1.82) is 0 Å². The summed E-state index contributed by atoms with van der Waals surface area (Å²) in [5, 5.41) is 8.86. The Bertz CT molecular complexity index is 1380. The highest BCUT2D eigenvalue weighted by Gasteiger charge is 2.30. The normalized spacial score (nSPS) is 11.9. The van der Waals surface area contributed by atoms with Gasteiger partial charge in [-0.05, 0) is 42.5 Å². The van der Waals surface area contributed by atoms with Crippen molar-refractivity contribution >= 4 is 10.9 Å². The number of halogens is 4. The maximum absolute atomic E-state index is 14.3. The topological polar surface area (TPSA) is 43.9 Å². The molecule has 0 aliphatic carbocycles. The summed E-state index contributed by atoms with van der Waals surface area (Å²) < 4.78 is 59.8. The molecule has 0 saturated heterocycles. The van der Waals surface area contributed by atoms with Gasteiger partial charge in [0.25, 0.3) is 0 Å². The van der Waals surface area contributed by atoms with E-state index < -0.39 is 17.6 Å². The van der Waals surface area contributed by atoms with Crippen LogP contribution in [0.2, 0.25) is 0 Å². The van der Waals surface area contributed by atoms with E-state index >= 15 is 0 Å². The van der Waals surface area contributed by atoms with Crippen LogP contribution in [-0.2, 0) is 6.18 Å². The lowest BCUT2D eigenvalue weighted by atomic mass is 10.0. The second-order valence-corrected chi connectivity index (χ2v) is 6.90. The van der Waals surface area contributed by atoms with Crippen LogP contribution in [0.1, 0.15) is 5.56 Å². The first kappa shape index (κ1) is 19.0. The van der Waals surface area contributed by atoms with E-state index in [9.17, 15) is 17.6 Å². The van der Waals surface area contributed by atoms with Gasteiger partial charge in [-0.2, -0.15) is 18.3 Å². The lowest BCUT2D eigenvalue weighted by Crippen LogP contribution is -2.03. The molecular weight excluding hydrogens is 410 g/mol. The SMILES string of the molecule is Fc1ccccc1-n1nccc1-c1ccc2noc(-c3ccc(C(F)(F)F)cc3)c2c1. The minimum Gasteiger partial charge on any atom is -0.355 e. The van der Waals surface area contributed by atoms with E-state index in [2.05, 4.69) is 10.3 Å². The van der Waals surface area contributed by atoms with E-state index in [0.717, 1.165) is 17.7 Å². The van der Waals surface area contributed by atoms with Gasteiger partial charge in [0.1, 0.15) is 17.0 Å². The van der Waals surface area contributed by atoms with Gasteiger partial charge in [-0.15, -0.1) is 0 Å². The Morgan fingerprint density at radius 1 is 0.839 bits per heavy atom. The zero-order valence-corrected chi connectivity index (χ0v) is 15.8. The number of hydrogen-bond donors (Lipinski definition) is 0. The van der Waals surface area contributed by atoms with Gasteiger partial charge in [-0.1, -0.05) is 35.5 Å². The van der Waals surface area contributed by atoms with Crippen molar-refractivity contribution in [3.8, 4) is 28.3 Å². The maximum Gasteiger partial charge on any atom is 0.416 e. The second kappa shape index (κ2) is 7.09. The molecule has 0 amide bonds. The molecule has 2 aromatic heterocycles. The quantitative estimate of drug-likeness (QED) is 0.311. The predicted octanol–water partition coefficient (Wildman–Crippen LogP) is 6.51. The monoisotopic (exact) mass is 423 g/mol. The Labute approximate surface area is 173 Å². The first-order valence-electron chi connectivity index (χ1n) is 9.28. The molecule has 4 nitrogen and oxygen atoms in total. The lowest BCUT2D eigenvalue weighted by Gasteiger charge is -2.09. The summed E-state index contributed by atoms with van der Waals surface area (Å²) in [5.74, 6) is -0.0634. The molecule has 3 aromatic carbocycles. The number of hydrogen-bond acceptors (Lipinski definition) is 3. The van der Waals surface area contributed by atoms with Gasteiger partial charge in [0.15, 0.2) is 5.76 Å². The molecule has 0 saturated carbocycles. The smallest absolute Gasteiger partial charge is 0.355 e. The third kappa shape index (κ3) is 3.35. The van der Waals surface area contributed by atoms with Crippen molar-refractivity contribution in [3.05, 3.63) is 90.4 Å². The largest absolute Gasteiger partial charge is 0.416 e. The molecule has 0 atom stereocenters. The van der Waals surface area contributed by atoms with Gasteiger partial charge < -0.3 is 4.52 Å². The summed E-state index contributed by atoms with van der Waals surface area (Å²) in [4.78, 5) is 0. The highest BCUT2D eigenvalue weighted by atomic mass is 19.4. The Balaban J connectivity index is 1.60. The van der Waals surface area contributed by atoms with Crippen molar-refractivity contribution in [3.63, 3.8) is 0 Å². The molecule has 8 heteroatoms. The summed E-state index contributed by atoms with van der Waals surface area (Å²) in [6.45, 7) is 0. The van der Waals surface area contributed by atoms with E-state index in [0.29, 0.717) is 33.6 Å². The van der Waals surface area contributed by atoms with E-state index in [4.69, 9.17) is 4.52 Å². The molecule has 5 rings (SSSR count). The molecule has 0 N–H and O–H groups in total. The molecule has 0 aliphatic rings. The molecule has 0 radical (unpaired) electrons. The standard InChI is InChI=1S/C23H13F4N3O/c24-18-3-1-2-4-21(18)30-20(11-12-28-30)15-7-10-19-17(13-15)22(31-29-19)14-5-8-16(9-6-14)23(25,26)27/h1-13H. The molecule has 0 bridgehead atoms. The van der Waals surface area contributed by atoms with E-state index in [-0.39, 0.29) is 0 Å². The third-order valence-corrected chi connectivity index (χ3v) is 4.97. The molecule has 31 heavy (non-hydrogen) atoms. The highest BCUT2D eigenvalue weighted by molar-refractivity contribution is 5.94. The van der Waals surface area contributed by atoms with Gasteiger partial charge in [0.2, 0.25) is 0 Å². The summed E-state index contributed by atoms with van der Waals surface area (Å²) in [5.41, 5.74) is 1.95. The maximum atomic E-state index is 14.3. The summed E-state index contributed by atoms with van der Waals surface area (Å²) >= 11 is 0. The Kier molecular flexibility index (Phi) is 4.35. The Hall–Kier alpha value is -3.94. The van der Waals surface area contributed by atoms with Crippen molar-refractivity contribution in [2.24, 2.45) is 0 Å². The van der Waals surface area contributed by atoms with Gasteiger partial charge in [-0.3, -0.25) is 0 Å². The molecule has 0 spiro atoms. The van der Waals surface area contributed by atoms with Gasteiger partial charge in [-0.25, -0.2) is 9.07 Å². The van der Waals surface area contributed by atoms with Gasteiger partial charge >= 0.3 is 6.18 Å². The van der Waals surface area contributed by atoms with Crippen LogP contribution in [-0.4, -0.2) is 14.9 Å². The minimum absolute atomic E-state index is 0.302. The van der Waals surface area contributed by atoms with Gasteiger partial charge in [0, 0.05) is 11.1 Å². The number of benzene rings is 3. The minimum atomic E-state index is -4.42. The average Bonchev–Trinajstić information content (AvgIpc) is 3.40. The van der Waals surface area contributed by atoms with Crippen LogP contribution in [0.5, 0.6) is 0 Å². The van der Waals surface area contributed by atoms with Crippen molar-refractivity contribution < 1.29 is 22.1 Å². The molecule has 5 aromatic rings. The fourth-order valence-corrected chi connectivity index (χ4v) is 3.46.